The summed E-state index contributed by atoms with van der Waals surface area (Å²) in [5.74, 6) is 1.20. The summed E-state index contributed by atoms with van der Waals surface area (Å²) in [6.45, 7) is 5.91. The number of nitrogens with one attached hydrogen (secondary N) is 1. The van der Waals surface area contributed by atoms with Gasteiger partial charge in [-0.25, -0.2) is 4.98 Å². The third-order valence-electron chi connectivity index (χ3n) is 3.46. The third kappa shape index (κ3) is 3.48. The van der Waals surface area contributed by atoms with Gasteiger partial charge in [-0.15, -0.1) is 5.10 Å². The number of rotatable bonds is 4. The van der Waals surface area contributed by atoms with Crippen LogP contribution in [0.4, 0.5) is 0 Å². The number of aryl methyl sites for hydroxylation is 3. The number of nitrogens with zero attached hydrogens (tertiary/aromatic N) is 5. The second kappa shape index (κ2) is 6.33. The van der Waals surface area contributed by atoms with Gasteiger partial charge in [-0.1, -0.05) is 17.8 Å². The Morgan fingerprint density at radius 1 is 1.17 bits per heavy atom. The average molecular weight is 328 g/mol. The average Bonchev–Trinajstić information content (AvgIpc) is 2.95. The molecule has 3 rings (SSSR count). The summed E-state index contributed by atoms with van der Waals surface area (Å²) >= 11 is 1.39. The number of H-pyrrole nitrogens is 1. The molecule has 0 saturated heterocycles. The number of hydrogen-bond acceptors (Lipinski definition) is 6. The van der Waals surface area contributed by atoms with Crippen LogP contribution in [0.3, 0.4) is 0 Å². The number of aromatic nitrogens is 6. The molecule has 0 unspecified atom stereocenters. The van der Waals surface area contributed by atoms with Crippen molar-refractivity contribution in [3.05, 3.63) is 57.3 Å². The van der Waals surface area contributed by atoms with Gasteiger partial charge in [-0.2, -0.15) is 4.68 Å². The zero-order chi connectivity index (χ0) is 16.4. The van der Waals surface area contributed by atoms with Gasteiger partial charge in [-0.3, -0.25) is 4.79 Å². The molecule has 0 bridgehead atoms. The molecule has 0 radical (unpaired) electrons. The summed E-state index contributed by atoms with van der Waals surface area (Å²) in [6.07, 6.45) is 0. The minimum absolute atomic E-state index is 0.159. The molecule has 7 nitrogen and oxygen atoms in total. The van der Waals surface area contributed by atoms with Crippen LogP contribution in [0.15, 0.2) is 34.2 Å². The Kier molecular flexibility index (Phi) is 4.24. The quantitative estimate of drug-likeness (QED) is 0.582. The largest absolute Gasteiger partial charge is 0.301 e. The minimum atomic E-state index is -0.159. The number of aromatic amines is 1. The molecule has 1 aromatic carbocycles. The molecule has 2 aromatic heterocycles. The molecule has 0 aliphatic heterocycles. The van der Waals surface area contributed by atoms with Gasteiger partial charge >= 0.3 is 0 Å². The fraction of sp³-hybridized carbons (Fsp3) is 0.267. The Bertz CT molecular complexity index is 901. The zero-order valence-corrected chi connectivity index (χ0v) is 13.9. The van der Waals surface area contributed by atoms with Crippen LogP contribution in [0.2, 0.25) is 0 Å². The Labute approximate surface area is 137 Å². The molecule has 3 aromatic rings. The first kappa shape index (κ1) is 15.4. The van der Waals surface area contributed by atoms with Crippen LogP contribution in [0, 0.1) is 20.8 Å². The van der Waals surface area contributed by atoms with Crippen molar-refractivity contribution in [2.24, 2.45) is 0 Å². The topological polar surface area (TPSA) is 89.4 Å². The maximum absolute atomic E-state index is 11.5. The summed E-state index contributed by atoms with van der Waals surface area (Å²) in [5.41, 5.74) is 3.85. The SMILES string of the molecule is Cc1cc(=O)[nH]c(SCc2nnnn2-c2ccc(C)c(C)c2)n1. The Morgan fingerprint density at radius 2 is 2.00 bits per heavy atom. The number of tetrazole rings is 1. The molecule has 0 aliphatic carbocycles. The fourth-order valence-electron chi connectivity index (χ4n) is 2.11. The van der Waals surface area contributed by atoms with Gasteiger partial charge in [0.25, 0.3) is 5.56 Å². The molecular weight excluding hydrogens is 312 g/mol. The van der Waals surface area contributed by atoms with Crippen molar-refractivity contribution in [1.82, 2.24) is 30.2 Å². The maximum atomic E-state index is 11.5. The molecule has 0 fully saturated rings. The predicted octanol–water partition coefficient (Wildman–Crippen LogP) is 1.96. The second-order valence-electron chi connectivity index (χ2n) is 5.26. The number of thioether (sulfide) groups is 1. The first-order chi connectivity index (χ1) is 11.0. The molecule has 0 spiro atoms. The molecule has 118 valence electrons. The normalized spacial score (nSPS) is 10.9. The van der Waals surface area contributed by atoms with Crippen LogP contribution >= 0.6 is 11.8 Å². The smallest absolute Gasteiger partial charge is 0.251 e. The minimum Gasteiger partial charge on any atom is -0.301 e. The van der Waals surface area contributed by atoms with E-state index in [1.54, 1.807) is 11.6 Å². The zero-order valence-electron chi connectivity index (χ0n) is 13.1. The number of benzene rings is 1. The number of hydrogen-bond donors (Lipinski definition) is 1. The molecule has 0 amide bonds. The van der Waals surface area contributed by atoms with Crippen molar-refractivity contribution >= 4 is 11.8 Å². The van der Waals surface area contributed by atoms with Gasteiger partial charge in [0, 0.05) is 11.8 Å². The van der Waals surface area contributed by atoms with Crippen LogP contribution in [-0.4, -0.2) is 30.2 Å². The van der Waals surface area contributed by atoms with E-state index in [0.29, 0.717) is 22.4 Å². The monoisotopic (exact) mass is 328 g/mol. The summed E-state index contributed by atoms with van der Waals surface area (Å²) < 4.78 is 1.70. The fourth-order valence-corrected chi connectivity index (χ4v) is 2.93. The van der Waals surface area contributed by atoms with E-state index in [-0.39, 0.29) is 5.56 Å². The molecule has 1 N–H and O–H groups in total. The summed E-state index contributed by atoms with van der Waals surface area (Å²) in [6, 6.07) is 7.54. The highest BCUT2D eigenvalue weighted by Gasteiger charge is 2.10. The van der Waals surface area contributed by atoms with Crippen molar-refractivity contribution in [2.75, 3.05) is 0 Å². The molecule has 8 heteroatoms. The lowest BCUT2D eigenvalue weighted by molar-refractivity contribution is 0.776. The Morgan fingerprint density at radius 3 is 2.74 bits per heavy atom. The van der Waals surface area contributed by atoms with Gasteiger partial charge in [0.05, 0.1) is 11.4 Å². The van der Waals surface area contributed by atoms with E-state index >= 15 is 0 Å². The van der Waals surface area contributed by atoms with Crippen molar-refractivity contribution in [3.8, 4) is 5.69 Å². The highest BCUT2D eigenvalue weighted by Crippen LogP contribution is 2.19. The van der Waals surface area contributed by atoms with Gasteiger partial charge in [-0.05, 0) is 54.5 Å². The third-order valence-corrected chi connectivity index (χ3v) is 4.32. The lowest BCUT2D eigenvalue weighted by Crippen LogP contribution is -2.08. The van der Waals surface area contributed by atoms with Crippen molar-refractivity contribution < 1.29 is 0 Å². The lowest BCUT2D eigenvalue weighted by Gasteiger charge is -2.07. The van der Waals surface area contributed by atoms with Crippen molar-refractivity contribution in [3.63, 3.8) is 0 Å². The van der Waals surface area contributed by atoms with E-state index in [9.17, 15) is 4.79 Å². The first-order valence-corrected chi connectivity index (χ1v) is 8.07. The van der Waals surface area contributed by atoms with Gasteiger partial charge in [0.1, 0.15) is 0 Å². The van der Waals surface area contributed by atoms with E-state index in [1.165, 1.54) is 29.0 Å². The Balaban J connectivity index is 1.83. The molecular formula is C15H16N6OS. The molecule has 0 atom stereocenters. The van der Waals surface area contributed by atoms with Gasteiger partial charge < -0.3 is 4.98 Å². The van der Waals surface area contributed by atoms with E-state index in [2.05, 4.69) is 39.3 Å². The van der Waals surface area contributed by atoms with Crippen molar-refractivity contribution in [2.45, 2.75) is 31.7 Å². The molecule has 23 heavy (non-hydrogen) atoms. The van der Waals surface area contributed by atoms with E-state index in [1.807, 2.05) is 18.2 Å². The maximum Gasteiger partial charge on any atom is 0.251 e. The standard InChI is InChI=1S/C15H16N6OS/c1-9-4-5-12(6-10(9)2)21-13(18-19-20-21)8-23-15-16-11(3)7-14(22)17-15/h4-7H,8H2,1-3H3,(H,16,17,22). The lowest BCUT2D eigenvalue weighted by atomic mass is 10.1. The second-order valence-corrected chi connectivity index (χ2v) is 6.22. The van der Waals surface area contributed by atoms with E-state index < -0.39 is 0 Å². The van der Waals surface area contributed by atoms with Crippen LogP contribution < -0.4 is 5.56 Å². The highest BCUT2D eigenvalue weighted by molar-refractivity contribution is 7.98. The highest BCUT2D eigenvalue weighted by atomic mass is 32.2. The predicted molar refractivity (Wildman–Crippen MR) is 87.8 cm³/mol. The van der Waals surface area contributed by atoms with Crippen LogP contribution in [-0.2, 0) is 5.75 Å². The molecule has 0 aliphatic rings. The summed E-state index contributed by atoms with van der Waals surface area (Å²) in [5, 5.41) is 12.4. The van der Waals surface area contributed by atoms with Crippen LogP contribution in [0.1, 0.15) is 22.6 Å². The van der Waals surface area contributed by atoms with Crippen LogP contribution in [0.5, 0.6) is 0 Å². The first-order valence-electron chi connectivity index (χ1n) is 7.08. The van der Waals surface area contributed by atoms with E-state index in [0.717, 1.165) is 5.69 Å². The summed E-state index contributed by atoms with van der Waals surface area (Å²) in [4.78, 5) is 18.5. The van der Waals surface area contributed by atoms with E-state index in [4.69, 9.17) is 0 Å². The molecule has 2 heterocycles. The van der Waals surface area contributed by atoms with Gasteiger partial charge in [0.15, 0.2) is 11.0 Å². The molecule has 0 saturated carbocycles. The van der Waals surface area contributed by atoms with Crippen LogP contribution in [0.25, 0.3) is 5.69 Å². The van der Waals surface area contributed by atoms with Crippen molar-refractivity contribution in [1.29, 1.82) is 0 Å². The Hall–Kier alpha value is -2.48. The summed E-state index contributed by atoms with van der Waals surface area (Å²) in [7, 11) is 0. The van der Waals surface area contributed by atoms with Gasteiger partial charge in [0.2, 0.25) is 0 Å².